The maximum Gasteiger partial charge on any atom is 0.165 e. The normalized spacial score (nSPS) is 13.7. The first-order chi connectivity index (χ1) is 10.2. The van der Waals surface area contributed by atoms with Gasteiger partial charge in [-0.05, 0) is 36.6 Å². The van der Waals surface area contributed by atoms with E-state index >= 15 is 0 Å². The summed E-state index contributed by atoms with van der Waals surface area (Å²) in [4.78, 5) is 0. The number of methoxy groups -OCH3 is 1. The zero-order valence-corrected chi connectivity index (χ0v) is 12.8. The molecule has 2 nitrogen and oxygen atoms in total. The lowest BCUT2D eigenvalue weighted by Gasteiger charge is -2.23. The Labute approximate surface area is 126 Å². The third kappa shape index (κ3) is 3.82. The Balaban J connectivity index is 2.12. The highest BCUT2D eigenvalue weighted by atomic mass is 19.1. The van der Waals surface area contributed by atoms with Gasteiger partial charge in [-0.15, -0.1) is 0 Å². The molecule has 2 aromatic carbocycles. The summed E-state index contributed by atoms with van der Waals surface area (Å²) in [6, 6.07) is 15.7. The lowest BCUT2D eigenvalue weighted by Crippen LogP contribution is -2.24. The predicted octanol–water partition coefficient (Wildman–Crippen LogP) is 4.64. The van der Waals surface area contributed by atoms with Crippen molar-refractivity contribution < 1.29 is 9.13 Å². The van der Waals surface area contributed by atoms with Crippen molar-refractivity contribution in [3.8, 4) is 5.75 Å². The Morgan fingerprint density at radius 3 is 2.38 bits per heavy atom. The van der Waals surface area contributed by atoms with E-state index in [1.807, 2.05) is 31.2 Å². The summed E-state index contributed by atoms with van der Waals surface area (Å²) in [6.07, 6.45) is 0.979. The number of hydrogen-bond donors (Lipinski definition) is 1. The number of benzene rings is 2. The van der Waals surface area contributed by atoms with Crippen molar-refractivity contribution in [3.63, 3.8) is 0 Å². The Hall–Kier alpha value is -1.87. The molecule has 0 spiro atoms. The maximum atomic E-state index is 13.8. The van der Waals surface area contributed by atoms with E-state index in [2.05, 4.69) is 24.4 Å². The highest BCUT2D eigenvalue weighted by molar-refractivity contribution is 5.31. The first-order valence-electron chi connectivity index (χ1n) is 7.30. The SMILES string of the molecule is CCC(NC(C)c1ccc(OC)c(F)c1)c1ccccc1. The first-order valence-corrected chi connectivity index (χ1v) is 7.30. The molecule has 2 atom stereocenters. The minimum atomic E-state index is -0.323. The number of hydrogen-bond acceptors (Lipinski definition) is 2. The Morgan fingerprint density at radius 2 is 1.81 bits per heavy atom. The average molecular weight is 287 g/mol. The molecule has 0 saturated heterocycles. The van der Waals surface area contributed by atoms with E-state index in [1.54, 1.807) is 6.07 Å². The molecule has 0 bridgehead atoms. The van der Waals surface area contributed by atoms with Crippen LogP contribution in [0.1, 0.15) is 43.5 Å². The Kier molecular flexibility index (Phi) is 5.34. The summed E-state index contributed by atoms with van der Waals surface area (Å²) in [5, 5.41) is 3.56. The monoisotopic (exact) mass is 287 g/mol. The molecular formula is C18H22FNO. The van der Waals surface area contributed by atoms with Gasteiger partial charge in [0.2, 0.25) is 0 Å². The lowest BCUT2D eigenvalue weighted by atomic mass is 10.0. The van der Waals surface area contributed by atoms with Crippen LogP contribution in [-0.4, -0.2) is 7.11 Å². The zero-order valence-electron chi connectivity index (χ0n) is 12.8. The van der Waals surface area contributed by atoms with Gasteiger partial charge >= 0.3 is 0 Å². The van der Waals surface area contributed by atoms with Crippen LogP contribution in [0, 0.1) is 5.82 Å². The van der Waals surface area contributed by atoms with Crippen LogP contribution < -0.4 is 10.1 Å². The van der Waals surface area contributed by atoms with Gasteiger partial charge in [0.1, 0.15) is 0 Å². The summed E-state index contributed by atoms with van der Waals surface area (Å²) in [6.45, 7) is 4.19. The van der Waals surface area contributed by atoms with Gasteiger partial charge in [0.25, 0.3) is 0 Å². The number of nitrogens with one attached hydrogen (secondary N) is 1. The fraction of sp³-hybridized carbons (Fsp3) is 0.333. The highest BCUT2D eigenvalue weighted by Crippen LogP contribution is 2.25. The van der Waals surface area contributed by atoms with Crippen molar-refractivity contribution in [2.45, 2.75) is 32.4 Å². The van der Waals surface area contributed by atoms with Gasteiger partial charge in [0.15, 0.2) is 11.6 Å². The molecule has 0 aliphatic carbocycles. The molecule has 21 heavy (non-hydrogen) atoms. The van der Waals surface area contributed by atoms with E-state index in [0.29, 0.717) is 0 Å². The summed E-state index contributed by atoms with van der Waals surface area (Å²) >= 11 is 0. The quantitative estimate of drug-likeness (QED) is 0.836. The second-order valence-corrected chi connectivity index (χ2v) is 5.15. The molecule has 0 fully saturated rings. The van der Waals surface area contributed by atoms with E-state index in [4.69, 9.17) is 4.74 Å². The molecule has 2 rings (SSSR count). The number of rotatable bonds is 6. The van der Waals surface area contributed by atoms with E-state index < -0.39 is 0 Å². The lowest BCUT2D eigenvalue weighted by molar-refractivity contribution is 0.384. The minimum Gasteiger partial charge on any atom is -0.494 e. The van der Waals surface area contributed by atoms with Gasteiger partial charge in [-0.1, -0.05) is 43.3 Å². The average Bonchev–Trinajstić information content (AvgIpc) is 2.53. The number of halogens is 1. The molecule has 0 saturated carbocycles. The molecule has 0 amide bonds. The molecule has 0 heterocycles. The van der Waals surface area contributed by atoms with Crippen molar-refractivity contribution in [1.82, 2.24) is 5.32 Å². The van der Waals surface area contributed by atoms with Crippen molar-refractivity contribution >= 4 is 0 Å². The Bertz CT molecular complexity index is 571. The second kappa shape index (κ2) is 7.23. The van der Waals surface area contributed by atoms with Crippen LogP contribution in [0.15, 0.2) is 48.5 Å². The largest absolute Gasteiger partial charge is 0.494 e. The molecular weight excluding hydrogens is 265 g/mol. The van der Waals surface area contributed by atoms with Crippen LogP contribution in [0.2, 0.25) is 0 Å². The van der Waals surface area contributed by atoms with Crippen LogP contribution in [0.3, 0.4) is 0 Å². The topological polar surface area (TPSA) is 21.3 Å². The standard InChI is InChI=1S/C18H22FNO/c1-4-17(14-8-6-5-7-9-14)20-13(2)15-10-11-18(21-3)16(19)12-15/h5-13,17,20H,4H2,1-3H3. The van der Waals surface area contributed by atoms with Gasteiger partial charge in [-0.3, -0.25) is 0 Å². The molecule has 0 aliphatic heterocycles. The third-order valence-electron chi connectivity index (χ3n) is 3.74. The van der Waals surface area contributed by atoms with E-state index in [-0.39, 0.29) is 23.7 Å². The van der Waals surface area contributed by atoms with Gasteiger partial charge in [-0.25, -0.2) is 4.39 Å². The third-order valence-corrected chi connectivity index (χ3v) is 3.74. The molecule has 2 aromatic rings. The zero-order chi connectivity index (χ0) is 15.2. The molecule has 0 aromatic heterocycles. The number of ether oxygens (including phenoxy) is 1. The summed E-state index contributed by atoms with van der Waals surface area (Å²) < 4.78 is 18.8. The van der Waals surface area contributed by atoms with Crippen molar-refractivity contribution in [1.29, 1.82) is 0 Å². The van der Waals surface area contributed by atoms with Crippen molar-refractivity contribution in [3.05, 3.63) is 65.5 Å². The predicted molar refractivity (Wildman–Crippen MR) is 84.0 cm³/mol. The fourth-order valence-corrected chi connectivity index (χ4v) is 2.49. The summed E-state index contributed by atoms with van der Waals surface area (Å²) in [5.41, 5.74) is 2.17. The van der Waals surface area contributed by atoms with E-state index in [0.717, 1.165) is 12.0 Å². The summed E-state index contributed by atoms with van der Waals surface area (Å²) in [5.74, 6) is -0.0440. The first kappa shape index (κ1) is 15.5. The van der Waals surface area contributed by atoms with Crippen LogP contribution in [0.25, 0.3) is 0 Å². The van der Waals surface area contributed by atoms with Crippen LogP contribution in [-0.2, 0) is 0 Å². The maximum absolute atomic E-state index is 13.8. The molecule has 0 aliphatic rings. The minimum absolute atomic E-state index is 0.0653. The van der Waals surface area contributed by atoms with Crippen molar-refractivity contribution in [2.75, 3.05) is 7.11 Å². The smallest absolute Gasteiger partial charge is 0.165 e. The van der Waals surface area contributed by atoms with Crippen LogP contribution in [0.5, 0.6) is 5.75 Å². The van der Waals surface area contributed by atoms with Gasteiger partial charge in [-0.2, -0.15) is 0 Å². The van der Waals surface area contributed by atoms with E-state index in [9.17, 15) is 4.39 Å². The van der Waals surface area contributed by atoms with E-state index in [1.165, 1.54) is 18.7 Å². The summed E-state index contributed by atoms with van der Waals surface area (Å²) in [7, 11) is 1.47. The molecule has 0 radical (unpaired) electrons. The molecule has 3 heteroatoms. The fourth-order valence-electron chi connectivity index (χ4n) is 2.49. The van der Waals surface area contributed by atoms with Gasteiger partial charge in [0.05, 0.1) is 7.11 Å². The van der Waals surface area contributed by atoms with Crippen molar-refractivity contribution in [2.24, 2.45) is 0 Å². The van der Waals surface area contributed by atoms with Gasteiger partial charge < -0.3 is 10.1 Å². The molecule has 112 valence electrons. The molecule has 2 unspecified atom stereocenters. The second-order valence-electron chi connectivity index (χ2n) is 5.15. The molecule has 1 N–H and O–H groups in total. The Morgan fingerprint density at radius 1 is 1.10 bits per heavy atom. The van der Waals surface area contributed by atoms with Crippen LogP contribution in [0.4, 0.5) is 4.39 Å². The van der Waals surface area contributed by atoms with Crippen LogP contribution >= 0.6 is 0 Å². The van der Waals surface area contributed by atoms with Gasteiger partial charge in [0, 0.05) is 12.1 Å². The highest BCUT2D eigenvalue weighted by Gasteiger charge is 2.15.